The van der Waals surface area contributed by atoms with Gasteiger partial charge in [-0.3, -0.25) is 0 Å². The molecule has 0 spiro atoms. The number of nitrogens with zero attached hydrogens (tertiary/aromatic N) is 2. The standard InChI is InChI=1S/C13H23N5OS/c1-9-11(15-5-8-20-7-2-6-19)16-13(10-3-4-10)17-12(9)18-14/h10,19H,2-8,14H2,1H3,(H2,15,16,17,18). The second-order valence-corrected chi connectivity index (χ2v) is 6.16. The van der Waals surface area contributed by atoms with Crippen LogP contribution in [-0.2, 0) is 0 Å². The molecule has 112 valence electrons. The molecule has 1 aliphatic rings. The molecule has 0 saturated heterocycles. The fourth-order valence-electron chi connectivity index (χ4n) is 1.88. The SMILES string of the molecule is Cc1c(NN)nc(C2CC2)nc1NCCSCCCO. The summed E-state index contributed by atoms with van der Waals surface area (Å²) in [5, 5.41) is 12.1. The molecule has 5 N–H and O–H groups in total. The molecule has 0 unspecified atom stereocenters. The first kappa shape index (κ1) is 15.3. The van der Waals surface area contributed by atoms with Gasteiger partial charge in [0.1, 0.15) is 17.5 Å². The van der Waals surface area contributed by atoms with Crippen molar-refractivity contribution >= 4 is 23.4 Å². The number of hydrogen-bond donors (Lipinski definition) is 4. The van der Waals surface area contributed by atoms with Gasteiger partial charge in [-0.1, -0.05) is 0 Å². The predicted octanol–water partition coefficient (Wildman–Crippen LogP) is 1.48. The highest BCUT2D eigenvalue weighted by Gasteiger charge is 2.28. The zero-order valence-electron chi connectivity index (χ0n) is 11.9. The topological polar surface area (TPSA) is 96.1 Å². The van der Waals surface area contributed by atoms with Gasteiger partial charge in [-0.25, -0.2) is 15.8 Å². The molecule has 0 aliphatic heterocycles. The van der Waals surface area contributed by atoms with Gasteiger partial charge in [-0.2, -0.15) is 11.8 Å². The van der Waals surface area contributed by atoms with Crippen molar-refractivity contribution in [3.8, 4) is 0 Å². The fraction of sp³-hybridized carbons (Fsp3) is 0.692. The molecule has 1 heterocycles. The lowest BCUT2D eigenvalue weighted by atomic mass is 10.3. The van der Waals surface area contributed by atoms with Gasteiger partial charge in [0.25, 0.3) is 0 Å². The van der Waals surface area contributed by atoms with Gasteiger partial charge < -0.3 is 15.8 Å². The second-order valence-electron chi connectivity index (χ2n) is 4.94. The highest BCUT2D eigenvalue weighted by Crippen LogP contribution is 2.39. The third kappa shape index (κ3) is 4.22. The summed E-state index contributed by atoms with van der Waals surface area (Å²) >= 11 is 1.83. The third-order valence-electron chi connectivity index (χ3n) is 3.23. The Labute approximate surface area is 123 Å². The summed E-state index contributed by atoms with van der Waals surface area (Å²) in [4.78, 5) is 9.07. The first-order valence-electron chi connectivity index (χ1n) is 7.04. The van der Waals surface area contributed by atoms with Crippen LogP contribution in [0.15, 0.2) is 0 Å². The van der Waals surface area contributed by atoms with Crippen LogP contribution in [0.2, 0.25) is 0 Å². The number of thioether (sulfide) groups is 1. The molecule has 1 fully saturated rings. The van der Waals surface area contributed by atoms with E-state index >= 15 is 0 Å². The van der Waals surface area contributed by atoms with Crippen LogP contribution in [0.25, 0.3) is 0 Å². The van der Waals surface area contributed by atoms with Crippen molar-refractivity contribution < 1.29 is 5.11 Å². The van der Waals surface area contributed by atoms with E-state index in [4.69, 9.17) is 10.9 Å². The van der Waals surface area contributed by atoms with Gasteiger partial charge in [0, 0.05) is 30.4 Å². The van der Waals surface area contributed by atoms with Gasteiger partial charge >= 0.3 is 0 Å². The van der Waals surface area contributed by atoms with Gasteiger partial charge in [-0.15, -0.1) is 0 Å². The summed E-state index contributed by atoms with van der Waals surface area (Å²) in [6, 6.07) is 0. The number of nitrogens with two attached hydrogens (primary N) is 1. The van der Waals surface area contributed by atoms with E-state index in [1.54, 1.807) is 0 Å². The Morgan fingerprint density at radius 3 is 2.70 bits per heavy atom. The largest absolute Gasteiger partial charge is 0.396 e. The molecule has 6 nitrogen and oxygen atoms in total. The van der Waals surface area contributed by atoms with Crippen molar-refractivity contribution in [2.45, 2.75) is 32.1 Å². The average molecular weight is 297 g/mol. The highest BCUT2D eigenvalue weighted by atomic mass is 32.2. The molecular formula is C13H23N5OS. The summed E-state index contributed by atoms with van der Waals surface area (Å²) in [7, 11) is 0. The Kier molecular flexibility index (Phi) is 5.87. The third-order valence-corrected chi connectivity index (χ3v) is 4.30. The van der Waals surface area contributed by atoms with Crippen LogP contribution in [0.4, 0.5) is 11.6 Å². The molecule has 20 heavy (non-hydrogen) atoms. The van der Waals surface area contributed by atoms with Crippen molar-refractivity contribution in [1.82, 2.24) is 9.97 Å². The van der Waals surface area contributed by atoms with Crippen molar-refractivity contribution in [3.05, 3.63) is 11.4 Å². The number of nitrogens with one attached hydrogen (secondary N) is 2. The Bertz CT molecular complexity index is 439. The summed E-state index contributed by atoms with van der Waals surface area (Å²) < 4.78 is 0. The van der Waals surface area contributed by atoms with Crippen molar-refractivity contribution in [2.24, 2.45) is 5.84 Å². The number of aromatic nitrogens is 2. The number of nitrogen functional groups attached to an aromatic ring is 1. The van der Waals surface area contributed by atoms with Gasteiger partial charge in [0.2, 0.25) is 0 Å². The minimum absolute atomic E-state index is 0.266. The Morgan fingerprint density at radius 2 is 2.05 bits per heavy atom. The van der Waals surface area contributed by atoms with E-state index in [1.807, 2.05) is 18.7 Å². The van der Waals surface area contributed by atoms with Crippen LogP contribution in [0.5, 0.6) is 0 Å². The summed E-state index contributed by atoms with van der Waals surface area (Å²) in [6.45, 7) is 3.08. The quantitative estimate of drug-likeness (QED) is 0.311. The maximum absolute atomic E-state index is 8.72. The summed E-state index contributed by atoms with van der Waals surface area (Å²) in [5.41, 5.74) is 3.61. The van der Waals surface area contributed by atoms with Crippen molar-refractivity contribution in [2.75, 3.05) is 35.4 Å². The first-order valence-corrected chi connectivity index (χ1v) is 8.19. The van der Waals surface area contributed by atoms with Crippen molar-refractivity contribution in [1.29, 1.82) is 0 Å². The average Bonchev–Trinajstić information content (AvgIpc) is 3.29. The number of aliphatic hydroxyl groups is 1. The van der Waals surface area contributed by atoms with E-state index in [0.717, 1.165) is 41.7 Å². The van der Waals surface area contributed by atoms with Gasteiger partial charge in [0.15, 0.2) is 0 Å². The van der Waals surface area contributed by atoms with Crippen LogP contribution in [0, 0.1) is 6.92 Å². The molecule has 0 atom stereocenters. The molecule has 0 radical (unpaired) electrons. The van der Waals surface area contributed by atoms with E-state index in [0.29, 0.717) is 11.7 Å². The minimum Gasteiger partial charge on any atom is -0.396 e. The van der Waals surface area contributed by atoms with E-state index < -0.39 is 0 Å². The molecule has 1 saturated carbocycles. The zero-order chi connectivity index (χ0) is 14.4. The predicted molar refractivity (Wildman–Crippen MR) is 84.1 cm³/mol. The molecule has 0 aromatic carbocycles. The lowest BCUT2D eigenvalue weighted by Gasteiger charge is -2.13. The lowest BCUT2D eigenvalue weighted by Crippen LogP contribution is -2.15. The zero-order valence-corrected chi connectivity index (χ0v) is 12.7. The maximum atomic E-state index is 8.72. The summed E-state index contributed by atoms with van der Waals surface area (Å²) in [5.74, 6) is 10.5. The van der Waals surface area contributed by atoms with Crippen molar-refractivity contribution in [3.63, 3.8) is 0 Å². The normalized spacial score (nSPS) is 14.3. The van der Waals surface area contributed by atoms with Crippen LogP contribution in [-0.4, -0.2) is 39.7 Å². The van der Waals surface area contributed by atoms with Crippen LogP contribution >= 0.6 is 11.8 Å². The van der Waals surface area contributed by atoms with E-state index in [2.05, 4.69) is 20.7 Å². The molecule has 1 aromatic heterocycles. The van der Waals surface area contributed by atoms with E-state index in [-0.39, 0.29) is 6.61 Å². The fourth-order valence-corrected chi connectivity index (χ4v) is 2.66. The molecule has 0 bridgehead atoms. The molecule has 2 rings (SSSR count). The molecule has 1 aromatic rings. The minimum atomic E-state index is 0.266. The van der Waals surface area contributed by atoms with E-state index in [1.165, 1.54) is 12.8 Å². The molecule has 0 amide bonds. The van der Waals surface area contributed by atoms with Gasteiger partial charge in [-0.05, 0) is 31.9 Å². The monoisotopic (exact) mass is 297 g/mol. The maximum Gasteiger partial charge on any atom is 0.148 e. The van der Waals surface area contributed by atoms with E-state index in [9.17, 15) is 0 Å². The van der Waals surface area contributed by atoms with Crippen LogP contribution in [0.1, 0.15) is 36.6 Å². The number of aliphatic hydroxyl groups excluding tert-OH is 1. The number of anilines is 2. The number of hydrogen-bond acceptors (Lipinski definition) is 7. The second kappa shape index (κ2) is 7.66. The number of rotatable bonds is 9. The smallest absolute Gasteiger partial charge is 0.148 e. The molecule has 7 heteroatoms. The molecule has 1 aliphatic carbocycles. The van der Waals surface area contributed by atoms with Gasteiger partial charge in [0.05, 0.1) is 0 Å². The lowest BCUT2D eigenvalue weighted by molar-refractivity contribution is 0.296. The van der Waals surface area contributed by atoms with Crippen LogP contribution in [0.3, 0.4) is 0 Å². The highest BCUT2D eigenvalue weighted by molar-refractivity contribution is 7.99. The Balaban J connectivity index is 1.90. The molecular weight excluding hydrogens is 274 g/mol. The Hall–Kier alpha value is -1.05. The first-order chi connectivity index (χ1) is 9.76. The van der Waals surface area contributed by atoms with Crippen LogP contribution < -0.4 is 16.6 Å². The summed E-state index contributed by atoms with van der Waals surface area (Å²) in [6.07, 6.45) is 3.19. The number of hydrazine groups is 1. The Morgan fingerprint density at radius 1 is 1.30 bits per heavy atom.